The summed E-state index contributed by atoms with van der Waals surface area (Å²) < 4.78 is 0. The smallest absolute Gasteiger partial charge is 0.242 e. The quantitative estimate of drug-likeness (QED) is 0.912. The SMILES string of the molecule is CC(=O)N1CCN([C@H](C)C(=O)Nc2ccc(Cl)cn2)CC1. The first-order chi connectivity index (χ1) is 9.97. The standard InChI is InChI=1S/C14H19ClN4O2/c1-10(18-5-7-19(8-6-18)11(2)20)14(21)17-13-4-3-12(15)9-16-13/h3-4,9-10H,5-8H2,1-2H3,(H,16,17,21)/t10-/m1/s1. The molecule has 0 saturated carbocycles. The van der Waals surface area contributed by atoms with E-state index in [1.54, 1.807) is 24.0 Å². The van der Waals surface area contributed by atoms with Gasteiger partial charge in [0.2, 0.25) is 11.8 Å². The third kappa shape index (κ3) is 4.15. The van der Waals surface area contributed by atoms with Gasteiger partial charge in [0.05, 0.1) is 11.1 Å². The predicted molar refractivity (Wildman–Crippen MR) is 81.2 cm³/mol. The number of hydrogen-bond acceptors (Lipinski definition) is 4. The summed E-state index contributed by atoms with van der Waals surface area (Å²) in [7, 11) is 0. The first kappa shape index (κ1) is 15.7. The second-order valence-corrected chi connectivity index (χ2v) is 5.51. The molecule has 1 aromatic heterocycles. The normalized spacial score (nSPS) is 17.4. The van der Waals surface area contributed by atoms with Crippen LogP contribution >= 0.6 is 11.6 Å². The van der Waals surface area contributed by atoms with E-state index in [1.807, 2.05) is 6.92 Å². The average Bonchev–Trinajstić information content (AvgIpc) is 2.49. The molecule has 6 nitrogen and oxygen atoms in total. The summed E-state index contributed by atoms with van der Waals surface area (Å²) in [5.74, 6) is 0.455. The number of nitrogens with zero attached hydrogens (tertiary/aromatic N) is 3. The van der Waals surface area contributed by atoms with E-state index in [0.717, 1.165) is 0 Å². The van der Waals surface area contributed by atoms with Crippen LogP contribution in [0.2, 0.25) is 5.02 Å². The Morgan fingerprint density at radius 3 is 2.48 bits per heavy atom. The van der Waals surface area contributed by atoms with Gasteiger partial charge in [-0.25, -0.2) is 4.98 Å². The molecule has 7 heteroatoms. The van der Waals surface area contributed by atoms with Gasteiger partial charge in [-0.15, -0.1) is 0 Å². The number of amides is 2. The summed E-state index contributed by atoms with van der Waals surface area (Å²) in [6.07, 6.45) is 1.49. The fourth-order valence-corrected chi connectivity index (χ4v) is 2.38. The van der Waals surface area contributed by atoms with Gasteiger partial charge in [-0.2, -0.15) is 0 Å². The maximum atomic E-state index is 12.2. The van der Waals surface area contributed by atoms with Crippen molar-refractivity contribution in [2.75, 3.05) is 31.5 Å². The van der Waals surface area contributed by atoms with E-state index in [0.29, 0.717) is 37.0 Å². The molecule has 2 heterocycles. The van der Waals surface area contributed by atoms with E-state index in [9.17, 15) is 9.59 Å². The van der Waals surface area contributed by atoms with Crippen molar-refractivity contribution in [2.45, 2.75) is 19.9 Å². The van der Waals surface area contributed by atoms with Crippen LogP contribution in [0.25, 0.3) is 0 Å². The van der Waals surface area contributed by atoms with Crippen molar-refractivity contribution in [3.8, 4) is 0 Å². The van der Waals surface area contributed by atoms with E-state index in [4.69, 9.17) is 11.6 Å². The number of pyridine rings is 1. The maximum Gasteiger partial charge on any atom is 0.242 e. The zero-order chi connectivity index (χ0) is 15.4. The Hall–Kier alpha value is -1.66. The first-order valence-electron chi connectivity index (χ1n) is 6.89. The number of anilines is 1. The number of piperazine rings is 1. The van der Waals surface area contributed by atoms with Crippen molar-refractivity contribution in [1.29, 1.82) is 0 Å². The Morgan fingerprint density at radius 1 is 1.29 bits per heavy atom. The van der Waals surface area contributed by atoms with Gasteiger partial charge in [0, 0.05) is 39.3 Å². The fraction of sp³-hybridized carbons (Fsp3) is 0.500. The molecule has 114 valence electrons. The fourth-order valence-electron chi connectivity index (χ4n) is 2.27. The van der Waals surface area contributed by atoms with E-state index >= 15 is 0 Å². The molecule has 0 unspecified atom stereocenters. The van der Waals surface area contributed by atoms with E-state index in [2.05, 4.69) is 15.2 Å². The summed E-state index contributed by atoms with van der Waals surface area (Å²) in [5, 5.41) is 3.30. The van der Waals surface area contributed by atoms with Crippen LogP contribution in [0.15, 0.2) is 18.3 Å². The monoisotopic (exact) mass is 310 g/mol. The molecular weight excluding hydrogens is 292 g/mol. The van der Waals surface area contributed by atoms with Gasteiger partial charge in [0.15, 0.2) is 0 Å². The van der Waals surface area contributed by atoms with Gasteiger partial charge in [0.1, 0.15) is 5.82 Å². The van der Waals surface area contributed by atoms with Crippen molar-refractivity contribution >= 4 is 29.2 Å². The molecule has 1 aliphatic heterocycles. The van der Waals surface area contributed by atoms with E-state index < -0.39 is 0 Å². The lowest BCUT2D eigenvalue weighted by molar-refractivity contribution is -0.131. The molecule has 1 saturated heterocycles. The van der Waals surface area contributed by atoms with Gasteiger partial charge in [-0.3, -0.25) is 14.5 Å². The van der Waals surface area contributed by atoms with Crippen LogP contribution in [0.1, 0.15) is 13.8 Å². The number of halogens is 1. The van der Waals surface area contributed by atoms with Crippen molar-refractivity contribution < 1.29 is 9.59 Å². The third-order valence-electron chi connectivity index (χ3n) is 3.67. The Labute approximate surface area is 129 Å². The highest BCUT2D eigenvalue weighted by Gasteiger charge is 2.26. The second-order valence-electron chi connectivity index (χ2n) is 5.07. The zero-order valence-electron chi connectivity index (χ0n) is 12.2. The Morgan fingerprint density at radius 2 is 1.95 bits per heavy atom. The number of carbonyl (C=O) groups excluding carboxylic acids is 2. The third-order valence-corrected chi connectivity index (χ3v) is 3.89. The largest absolute Gasteiger partial charge is 0.340 e. The molecular formula is C14H19ClN4O2. The molecule has 2 amide bonds. The van der Waals surface area contributed by atoms with Crippen LogP contribution in [0.5, 0.6) is 0 Å². The summed E-state index contributed by atoms with van der Waals surface area (Å²) in [6, 6.07) is 3.08. The van der Waals surface area contributed by atoms with Gasteiger partial charge in [0.25, 0.3) is 0 Å². The molecule has 2 rings (SSSR count). The van der Waals surface area contributed by atoms with Crippen molar-refractivity contribution in [3.05, 3.63) is 23.4 Å². The van der Waals surface area contributed by atoms with Crippen LogP contribution in [-0.2, 0) is 9.59 Å². The summed E-state index contributed by atoms with van der Waals surface area (Å²) in [6.45, 7) is 6.13. The topological polar surface area (TPSA) is 65.5 Å². The lowest BCUT2D eigenvalue weighted by Gasteiger charge is -2.36. The lowest BCUT2D eigenvalue weighted by atomic mass is 10.2. The van der Waals surface area contributed by atoms with Gasteiger partial charge in [-0.1, -0.05) is 11.6 Å². The molecule has 21 heavy (non-hydrogen) atoms. The van der Waals surface area contributed by atoms with Crippen LogP contribution in [-0.4, -0.2) is 58.8 Å². The number of aromatic nitrogens is 1. The van der Waals surface area contributed by atoms with Crippen molar-refractivity contribution in [2.24, 2.45) is 0 Å². The molecule has 0 spiro atoms. The lowest BCUT2D eigenvalue weighted by Crippen LogP contribution is -2.53. The highest BCUT2D eigenvalue weighted by molar-refractivity contribution is 6.30. The minimum absolute atomic E-state index is 0.0807. The molecule has 1 fully saturated rings. The minimum atomic E-state index is -0.267. The van der Waals surface area contributed by atoms with Crippen LogP contribution in [0, 0.1) is 0 Å². The van der Waals surface area contributed by atoms with Gasteiger partial charge < -0.3 is 10.2 Å². The Bertz CT molecular complexity index is 512. The highest BCUT2D eigenvalue weighted by Crippen LogP contribution is 2.12. The zero-order valence-corrected chi connectivity index (χ0v) is 12.9. The van der Waals surface area contributed by atoms with Gasteiger partial charge >= 0.3 is 0 Å². The second kappa shape index (κ2) is 6.87. The molecule has 1 aliphatic rings. The summed E-state index contributed by atoms with van der Waals surface area (Å²) in [5.41, 5.74) is 0. The molecule has 1 atom stereocenters. The number of nitrogens with one attached hydrogen (secondary N) is 1. The van der Waals surface area contributed by atoms with Crippen molar-refractivity contribution in [1.82, 2.24) is 14.8 Å². The van der Waals surface area contributed by atoms with Crippen molar-refractivity contribution in [3.63, 3.8) is 0 Å². The molecule has 1 aromatic rings. The van der Waals surface area contributed by atoms with Crippen LogP contribution in [0.3, 0.4) is 0 Å². The predicted octanol–water partition coefficient (Wildman–Crippen LogP) is 1.23. The van der Waals surface area contributed by atoms with E-state index in [-0.39, 0.29) is 17.9 Å². The molecule has 1 N–H and O–H groups in total. The summed E-state index contributed by atoms with van der Waals surface area (Å²) in [4.78, 5) is 31.4. The molecule has 0 aromatic carbocycles. The van der Waals surface area contributed by atoms with E-state index in [1.165, 1.54) is 6.20 Å². The van der Waals surface area contributed by atoms with Crippen LogP contribution in [0.4, 0.5) is 5.82 Å². The average molecular weight is 311 g/mol. The molecule has 0 bridgehead atoms. The number of carbonyl (C=O) groups is 2. The highest BCUT2D eigenvalue weighted by atomic mass is 35.5. The first-order valence-corrected chi connectivity index (χ1v) is 7.27. The Kier molecular flexibility index (Phi) is 5.14. The Balaban J connectivity index is 1.88. The molecule has 0 aliphatic carbocycles. The summed E-state index contributed by atoms with van der Waals surface area (Å²) >= 11 is 5.76. The minimum Gasteiger partial charge on any atom is -0.340 e. The maximum absolute atomic E-state index is 12.2. The molecule has 0 radical (unpaired) electrons. The number of rotatable bonds is 3. The number of hydrogen-bond donors (Lipinski definition) is 1. The van der Waals surface area contributed by atoms with Crippen LogP contribution < -0.4 is 5.32 Å². The van der Waals surface area contributed by atoms with Gasteiger partial charge in [-0.05, 0) is 19.1 Å².